The lowest BCUT2D eigenvalue weighted by atomic mass is 9.87. The maximum atomic E-state index is 5.91. The summed E-state index contributed by atoms with van der Waals surface area (Å²) in [5, 5.41) is 0. The lowest BCUT2D eigenvalue weighted by molar-refractivity contribution is 0.0488. The van der Waals surface area contributed by atoms with Crippen LogP contribution in [0.15, 0.2) is 0 Å². The summed E-state index contributed by atoms with van der Waals surface area (Å²) < 4.78 is 0. The Kier molecular flexibility index (Phi) is 3.71. The van der Waals surface area contributed by atoms with Gasteiger partial charge < -0.3 is 10.6 Å². The van der Waals surface area contributed by atoms with Crippen molar-refractivity contribution in [1.29, 1.82) is 0 Å². The van der Waals surface area contributed by atoms with Gasteiger partial charge in [-0.1, -0.05) is 6.92 Å². The van der Waals surface area contributed by atoms with Crippen LogP contribution in [0.5, 0.6) is 0 Å². The van der Waals surface area contributed by atoms with Gasteiger partial charge in [0.1, 0.15) is 0 Å². The summed E-state index contributed by atoms with van der Waals surface area (Å²) in [5.41, 5.74) is 6.15. The first-order chi connectivity index (χ1) is 6.14. The molecule has 0 bridgehead atoms. The van der Waals surface area contributed by atoms with E-state index in [9.17, 15) is 0 Å². The van der Waals surface area contributed by atoms with Crippen LogP contribution in [-0.2, 0) is 0 Å². The molecule has 0 aromatic rings. The van der Waals surface area contributed by atoms with Crippen molar-refractivity contribution < 1.29 is 0 Å². The zero-order valence-electron chi connectivity index (χ0n) is 9.21. The summed E-state index contributed by atoms with van der Waals surface area (Å²) in [6.45, 7) is 6.41. The SMILES string of the molecule is CCN(C)C1(CN)CCCN(C)C1. The lowest BCUT2D eigenvalue weighted by Crippen LogP contribution is -2.60. The average Bonchev–Trinajstić information content (AvgIpc) is 2.16. The van der Waals surface area contributed by atoms with E-state index in [4.69, 9.17) is 5.73 Å². The summed E-state index contributed by atoms with van der Waals surface area (Å²) in [5.74, 6) is 0. The number of nitrogens with two attached hydrogens (primary N) is 1. The fourth-order valence-corrected chi connectivity index (χ4v) is 2.31. The molecule has 78 valence electrons. The molecule has 0 saturated carbocycles. The highest BCUT2D eigenvalue weighted by Crippen LogP contribution is 2.24. The van der Waals surface area contributed by atoms with Crippen LogP contribution < -0.4 is 5.73 Å². The number of rotatable bonds is 3. The molecule has 0 spiro atoms. The van der Waals surface area contributed by atoms with Gasteiger partial charge in [-0.3, -0.25) is 4.90 Å². The van der Waals surface area contributed by atoms with Crippen molar-refractivity contribution in [2.45, 2.75) is 25.3 Å². The number of hydrogen-bond donors (Lipinski definition) is 1. The molecule has 3 heteroatoms. The highest BCUT2D eigenvalue weighted by molar-refractivity contribution is 4.95. The fraction of sp³-hybridized carbons (Fsp3) is 1.00. The summed E-state index contributed by atoms with van der Waals surface area (Å²) >= 11 is 0. The molecule has 0 aromatic carbocycles. The van der Waals surface area contributed by atoms with Gasteiger partial charge in [0, 0.05) is 18.6 Å². The van der Waals surface area contributed by atoms with Crippen molar-refractivity contribution in [2.75, 3.05) is 40.3 Å². The summed E-state index contributed by atoms with van der Waals surface area (Å²) in [7, 11) is 4.37. The van der Waals surface area contributed by atoms with Crippen molar-refractivity contribution in [3.63, 3.8) is 0 Å². The fourth-order valence-electron chi connectivity index (χ4n) is 2.31. The summed E-state index contributed by atoms with van der Waals surface area (Å²) in [6.07, 6.45) is 2.52. The smallest absolute Gasteiger partial charge is 0.0455 e. The minimum atomic E-state index is 0.238. The summed E-state index contributed by atoms with van der Waals surface area (Å²) in [6, 6.07) is 0. The Morgan fingerprint density at radius 2 is 2.23 bits per heavy atom. The summed E-state index contributed by atoms with van der Waals surface area (Å²) in [4.78, 5) is 4.80. The van der Waals surface area contributed by atoms with Crippen LogP contribution in [0, 0.1) is 0 Å². The third-order valence-electron chi connectivity index (χ3n) is 3.41. The van der Waals surface area contributed by atoms with E-state index < -0.39 is 0 Å². The number of nitrogens with zero attached hydrogens (tertiary/aromatic N) is 2. The molecule has 1 unspecified atom stereocenters. The molecule has 3 nitrogen and oxygen atoms in total. The molecule has 1 aliphatic rings. The Morgan fingerprint density at radius 3 is 2.69 bits per heavy atom. The normalized spacial score (nSPS) is 31.2. The minimum Gasteiger partial charge on any atom is -0.329 e. The molecule has 1 atom stereocenters. The standard InChI is InChI=1S/C10H23N3/c1-4-13(3)10(8-11)6-5-7-12(2)9-10/h4-9,11H2,1-3H3. The van der Waals surface area contributed by atoms with Gasteiger partial charge in [0.15, 0.2) is 0 Å². The topological polar surface area (TPSA) is 32.5 Å². The van der Waals surface area contributed by atoms with Gasteiger partial charge >= 0.3 is 0 Å². The highest BCUT2D eigenvalue weighted by atomic mass is 15.2. The maximum absolute atomic E-state index is 5.91. The van der Waals surface area contributed by atoms with Crippen LogP contribution in [0.4, 0.5) is 0 Å². The third-order valence-corrected chi connectivity index (χ3v) is 3.41. The van der Waals surface area contributed by atoms with Crippen LogP contribution in [-0.4, -0.2) is 55.6 Å². The molecule has 1 rings (SSSR count). The first-order valence-corrected chi connectivity index (χ1v) is 5.24. The van der Waals surface area contributed by atoms with E-state index >= 15 is 0 Å². The highest BCUT2D eigenvalue weighted by Gasteiger charge is 2.35. The largest absolute Gasteiger partial charge is 0.329 e. The van der Waals surface area contributed by atoms with E-state index in [2.05, 4.69) is 30.8 Å². The molecule has 0 aromatic heterocycles. The lowest BCUT2D eigenvalue weighted by Gasteiger charge is -2.46. The average molecular weight is 185 g/mol. The molecule has 13 heavy (non-hydrogen) atoms. The second kappa shape index (κ2) is 4.40. The Labute approximate surface area is 81.9 Å². The van der Waals surface area contributed by atoms with Gasteiger partial charge in [-0.15, -0.1) is 0 Å². The van der Waals surface area contributed by atoms with Gasteiger partial charge in [-0.05, 0) is 40.0 Å². The number of piperidine rings is 1. The van der Waals surface area contributed by atoms with E-state index in [1.165, 1.54) is 19.4 Å². The zero-order chi connectivity index (χ0) is 9.90. The molecule has 0 amide bonds. The van der Waals surface area contributed by atoms with Crippen molar-refractivity contribution in [3.8, 4) is 0 Å². The van der Waals surface area contributed by atoms with Crippen LogP contribution in [0.3, 0.4) is 0 Å². The van der Waals surface area contributed by atoms with Crippen LogP contribution >= 0.6 is 0 Å². The van der Waals surface area contributed by atoms with E-state index in [1.807, 2.05) is 0 Å². The molecule has 0 radical (unpaired) electrons. The first-order valence-electron chi connectivity index (χ1n) is 5.24. The van der Waals surface area contributed by atoms with Crippen molar-refractivity contribution in [2.24, 2.45) is 5.73 Å². The molecule has 1 heterocycles. The van der Waals surface area contributed by atoms with Gasteiger partial charge in [0.05, 0.1) is 0 Å². The number of hydrogen-bond acceptors (Lipinski definition) is 3. The Hall–Kier alpha value is -0.120. The molecule has 2 N–H and O–H groups in total. The van der Waals surface area contributed by atoms with E-state index in [0.717, 1.165) is 19.6 Å². The Balaban J connectivity index is 2.67. The molecule has 0 aliphatic carbocycles. The van der Waals surface area contributed by atoms with Gasteiger partial charge in [0.2, 0.25) is 0 Å². The van der Waals surface area contributed by atoms with E-state index in [1.54, 1.807) is 0 Å². The molecule has 1 fully saturated rings. The van der Waals surface area contributed by atoms with Crippen LogP contribution in [0.1, 0.15) is 19.8 Å². The molecular formula is C10H23N3. The van der Waals surface area contributed by atoms with Gasteiger partial charge in [-0.2, -0.15) is 0 Å². The van der Waals surface area contributed by atoms with Gasteiger partial charge in [0.25, 0.3) is 0 Å². The monoisotopic (exact) mass is 185 g/mol. The third kappa shape index (κ3) is 2.22. The predicted molar refractivity (Wildman–Crippen MR) is 56.8 cm³/mol. The zero-order valence-corrected chi connectivity index (χ0v) is 9.21. The van der Waals surface area contributed by atoms with Crippen LogP contribution in [0.25, 0.3) is 0 Å². The molecule has 1 aliphatic heterocycles. The maximum Gasteiger partial charge on any atom is 0.0455 e. The second-order valence-electron chi connectivity index (χ2n) is 4.28. The van der Waals surface area contributed by atoms with Crippen LogP contribution in [0.2, 0.25) is 0 Å². The first kappa shape index (κ1) is 11.0. The number of likely N-dealkylation sites (N-methyl/N-ethyl adjacent to an activating group) is 2. The second-order valence-corrected chi connectivity index (χ2v) is 4.28. The quantitative estimate of drug-likeness (QED) is 0.689. The van der Waals surface area contributed by atoms with Gasteiger partial charge in [-0.25, -0.2) is 0 Å². The minimum absolute atomic E-state index is 0.238. The number of likely N-dealkylation sites (tertiary alicyclic amines) is 1. The van der Waals surface area contributed by atoms with Crippen molar-refractivity contribution >= 4 is 0 Å². The molecule has 1 saturated heterocycles. The molecular weight excluding hydrogens is 162 g/mol. The van der Waals surface area contributed by atoms with E-state index in [0.29, 0.717) is 0 Å². The van der Waals surface area contributed by atoms with Crippen molar-refractivity contribution in [1.82, 2.24) is 9.80 Å². The Bertz CT molecular complexity index is 160. The Morgan fingerprint density at radius 1 is 1.54 bits per heavy atom. The van der Waals surface area contributed by atoms with E-state index in [-0.39, 0.29) is 5.54 Å². The predicted octanol–water partition coefficient (Wildman–Crippen LogP) is 0.361. The van der Waals surface area contributed by atoms with Crippen molar-refractivity contribution in [3.05, 3.63) is 0 Å².